The van der Waals surface area contributed by atoms with Crippen LogP contribution in [0.4, 0.5) is 17.6 Å². The first kappa shape index (κ1) is 28.2. The van der Waals surface area contributed by atoms with E-state index < -0.39 is 24.9 Å². The largest absolute Gasteiger partial charge is 0.411 e. The second-order valence-corrected chi connectivity index (χ2v) is 8.95. The van der Waals surface area contributed by atoms with Gasteiger partial charge < -0.3 is 10.1 Å². The number of rotatable bonds is 14. The van der Waals surface area contributed by atoms with Gasteiger partial charge in [-0.1, -0.05) is 49.3 Å². The normalized spacial score (nSPS) is 18.1. The van der Waals surface area contributed by atoms with Crippen LogP contribution in [-0.4, -0.2) is 51.2 Å². The summed E-state index contributed by atoms with van der Waals surface area (Å²) in [4.78, 5) is 0. The molecular formula is C22H37F4NOS. The highest BCUT2D eigenvalue weighted by Crippen LogP contribution is 2.34. The number of likely N-dealkylation sites (N-methyl/N-ethyl adjacent to an activating group) is 1. The van der Waals surface area contributed by atoms with Crippen molar-refractivity contribution in [2.45, 2.75) is 52.0 Å². The van der Waals surface area contributed by atoms with Crippen LogP contribution in [0.1, 0.15) is 40.5 Å². The van der Waals surface area contributed by atoms with E-state index in [1.54, 1.807) is 17.8 Å². The van der Waals surface area contributed by atoms with Crippen molar-refractivity contribution in [1.29, 1.82) is 0 Å². The van der Waals surface area contributed by atoms with Crippen LogP contribution in [-0.2, 0) is 4.74 Å². The van der Waals surface area contributed by atoms with E-state index in [9.17, 15) is 17.6 Å². The molecule has 0 aliphatic rings. The van der Waals surface area contributed by atoms with E-state index in [1.807, 2.05) is 14.0 Å². The second kappa shape index (κ2) is 14.3. The fourth-order valence-electron chi connectivity index (χ4n) is 2.96. The summed E-state index contributed by atoms with van der Waals surface area (Å²) in [6.45, 7) is 7.08. The minimum absolute atomic E-state index is 0.0286. The van der Waals surface area contributed by atoms with Crippen LogP contribution in [0.15, 0.2) is 35.5 Å². The molecule has 0 heterocycles. The lowest BCUT2D eigenvalue weighted by molar-refractivity contribution is -0.175. The number of ether oxygens (including phenoxy) is 1. The van der Waals surface area contributed by atoms with Crippen LogP contribution in [0, 0.1) is 11.3 Å². The first-order valence-corrected chi connectivity index (χ1v) is 11.2. The quantitative estimate of drug-likeness (QED) is 0.193. The smallest absolute Gasteiger partial charge is 0.372 e. The molecule has 3 unspecified atom stereocenters. The Morgan fingerprint density at radius 2 is 1.86 bits per heavy atom. The van der Waals surface area contributed by atoms with Gasteiger partial charge in [-0.2, -0.15) is 24.9 Å². The standard InChI is InChI=1S/C22H37F4NOS/c1-17(8-9-18(2)29-6)19(3)20(15-27-5)14-21(4,10-7-12-23)11-13-28-16-22(24,25)26/h7-10,17-18,27H,11-16H2,1-6H3/b9-8-,10-7-,20-19-. The molecule has 0 saturated carbocycles. The summed E-state index contributed by atoms with van der Waals surface area (Å²) in [7, 11) is 1.87. The molecule has 29 heavy (non-hydrogen) atoms. The Morgan fingerprint density at radius 3 is 2.38 bits per heavy atom. The molecule has 1 N–H and O–H groups in total. The zero-order valence-corrected chi connectivity index (χ0v) is 19.4. The first-order chi connectivity index (χ1) is 13.5. The van der Waals surface area contributed by atoms with Crippen LogP contribution in [0.3, 0.4) is 0 Å². The zero-order chi connectivity index (χ0) is 22.5. The molecule has 0 rings (SSSR count). The molecule has 0 fully saturated rings. The fourth-order valence-corrected chi connectivity index (χ4v) is 3.21. The molecule has 0 aromatic heterocycles. The summed E-state index contributed by atoms with van der Waals surface area (Å²) >= 11 is 1.78. The van der Waals surface area contributed by atoms with E-state index in [4.69, 9.17) is 4.74 Å². The summed E-state index contributed by atoms with van der Waals surface area (Å²) in [6.07, 6.45) is 6.31. The summed E-state index contributed by atoms with van der Waals surface area (Å²) in [5.74, 6) is 0.240. The third-order valence-corrected chi connectivity index (χ3v) is 5.88. The van der Waals surface area contributed by atoms with Crippen molar-refractivity contribution in [3.05, 3.63) is 35.5 Å². The molecule has 0 spiro atoms. The first-order valence-electron chi connectivity index (χ1n) is 9.90. The molecule has 7 heteroatoms. The van der Waals surface area contributed by atoms with Gasteiger partial charge in [0, 0.05) is 18.4 Å². The van der Waals surface area contributed by atoms with Crippen LogP contribution in [0.5, 0.6) is 0 Å². The zero-order valence-electron chi connectivity index (χ0n) is 18.5. The summed E-state index contributed by atoms with van der Waals surface area (Å²) < 4.78 is 54.5. The number of allylic oxidation sites excluding steroid dienone is 4. The van der Waals surface area contributed by atoms with Gasteiger partial charge in [0.25, 0.3) is 0 Å². The Labute approximate surface area is 178 Å². The summed E-state index contributed by atoms with van der Waals surface area (Å²) in [5, 5.41) is 3.61. The number of hydrogen-bond acceptors (Lipinski definition) is 3. The van der Waals surface area contributed by atoms with E-state index in [0.29, 0.717) is 24.6 Å². The Bertz CT molecular complexity index is 545. The van der Waals surface area contributed by atoms with Gasteiger partial charge in [-0.05, 0) is 51.3 Å². The van der Waals surface area contributed by atoms with Crippen LogP contribution in [0.2, 0.25) is 0 Å². The summed E-state index contributed by atoms with van der Waals surface area (Å²) in [6, 6.07) is 0. The molecule has 0 aromatic rings. The average molecular weight is 440 g/mol. The number of hydrogen-bond donors (Lipinski definition) is 1. The lowest BCUT2D eigenvalue weighted by Gasteiger charge is -2.29. The van der Waals surface area contributed by atoms with Gasteiger partial charge in [-0.25, -0.2) is 4.39 Å². The van der Waals surface area contributed by atoms with E-state index in [0.717, 1.165) is 0 Å². The van der Waals surface area contributed by atoms with Gasteiger partial charge in [-0.15, -0.1) is 0 Å². The van der Waals surface area contributed by atoms with Gasteiger partial charge in [-0.3, -0.25) is 0 Å². The molecule has 0 radical (unpaired) electrons. The third kappa shape index (κ3) is 13.2. The molecular weight excluding hydrogens is 402 g/mol. The molecule has 0 aliphatic carbocycles. The van der Waals surface area contributed by atoms with Crippen LogP contribution >= 0.6 is 11.8 Å². The maximum Gasteiger partial charge on any atom is 0.411 e. The molecule has 2 nitrogen and oxygen atoms in total. The van der Waals surface area contributed by atoms with Gasteiger partial charge in [0.2, 0.25) is 0 Å². The average Bonchev–Trinajstić information content (AvgIpc) is 2.66. The molecule has 0 aliphatic heterocycles. The Morgan fingerprint density at radius 1 is 1.21 bits per heavy atom. The topological polar surface area (TPSA) is 21.3 Å². The van der Waals surface area contributed by atoms with E-state index in [-0.39, 0.29) is 12.5 Å². The van der Waals surface area contributed by atoms with Crippen molar-refractivity contribution in [2.75, 3.05) is 39.7 Å². The van der Waals surface area contributed by atoms with Crippen molar-refractivity contribution in [3.8, 4) is 0 Å². The molecule has 0 amide bonds. The number of thioether (sulfide) groups is 1. The highest BCUT2D eigenvalue weighted by molar-refractivity contribution is 7.99. The van der Waals surface area contributed by atoms with Gasteiger partial charge in [0.1, 0.15) is 13.3 Å². The van der Waals surface area contributed by atoms with E-state index >= 15 is 0 Å². The maximum atomic E-state index is 12.7. The minimum atomic E-state index is -4.34. The Kier molecular flexibility index (Phi) is 13.9. The molecule has 3 atom stereocenters. The lowest BCUT2D eigenvalue weighted by Crippen LogP contribution is -2.24. The third-order valence-electron chi connectivity index (χ3n) is 4.98. The van der Waals surface area contributed by atoms with Crippen molar-refractivity contribution in [1.82, 2.24) is 5.32 Å². The van der Waals surface area contributed by atoms with E-state index in [1.165, 1.54) is 17.2 Å². The highest BCUT2D eigenvalue weighted by Gasteiger charge is 2.29. The van der Waals surface area contributed by atoms with Gasteiger partial charge in [0.15, 0.2) is 0 Å². The molecule has 170 valence electrons. The van der Waals surface area contributed by atoms with Crippen molar-refractivity contribution in [2.24, 2.45) is 11.3 Å². The van der Waals surface area contributed by atoms with Crippen molar-refractivity contribution in [3.63, 3.8) is 0 Å². The maximum absolute atomic E-state index is 12.7. The highest BCUT2D eigenvalue weighted by atomic mass is 32.2. The monoisotopic (exact) mass is 439 g/mol. The van der Waals surface area contributed by atoms with Gasteiger partial charge in [0.05, 0.1) is 0 Å². The molecule has 0 aromatic carbocycles. The fraction of sp³-hybridized carbons (Fsp3) is 0.727. The minimum Gasteiger partial charge on any atom is -0.372 e. The van der Waals surface area contributed by atoms with Crippen molar-refractivity contribution >= 4 is 11.8 Å². The predicted molar refractivity (Wildman–Crippen MR) is 117 cm³/mol. The van der Waals surface area contributed by atoms with Gasteiger partial charge >= 0.3 is 6.18 Å². The predicted octanol–water partition coefficient (Wildman–Crippen LogP) is 6.36. The Hall–Kier alpha value is -0.790. The second-order valence-electron chi connectivity index (χ2n) is 7.74. The summed E-state index contributed by atoms with van der Waals surface area (Å²) in [5.41, 5.74) is 1.92. The number of alkyl halides is 4. The van der Waals surface area contributed by atoms with E-state index in [2.05, 4.69) is 44.5 Å². The molecule has 0 bridgehead atoms. The lowest BCUT2D eigenvalue weighted by atomic mass is 9.78. The van der Waals surface area contributed by atoms with Crippen LogP contribution in [0.25, 0.3) is 0 Å². The Balaban J connectivity index is 5.41. The molecule has 0 saturated heterocycles. The number of nitrogens with one attached hydrogen (secondary N) is 1. The van der Waals surface area contributed by atoms with Crippen molar-refractivity contribution < 1.29 is 22.3 Å². The number of halogens is 4. The SMILES string of the molecule is CNC/C(CC(C)(/C=C\CF)CCOCC(F)(F)F)=C(/C)C(C)/C=C\C(C)SC. The van der Waals surface area contributed by atoms with Crippen LogP contribution < -0.4 is 5.32 Å².